The van der Waals surface area contributed by atoms with Crippen LogP contribution in [0.5, 0.6) is 0 Å². The maximum atomic E-state index is 10.6. The van der Waals surface area contributed by atoms with Crippen molar-refractivity contribution in [1.29, 1.82) is 5.26 Å². The van der Waals surface area contributed by atoms with Gasteiger partial charge in [0.15, 0.2) is 0 Å². The lowest BCUT2D eigenvalue weighted by Gasteiger charge is -2.13. The number of allylic oxidation sites excluding steroid dienone is 3. The van der Waals surface area contributed by atoms with Crippen LogP contribution in [-0.4, -0.2) is 4.92 Å². The number of nitrogens with zero attached hydrogens (tertiary/aromatic N) is 2. The predicted molar refractivity (Wildman–Crippen MR) is 47.2 cm³/mol. The molecular weight excluding hydrogens is 168 g/mol. The molecule has 1 atom stereocenters. The van der Waals surface area contributed by atoms with E-state index in [1.807, 2.05) is 19.1 Å². The van der Waals surface area contributed by atoms with Crippen molar-refractivity contribution in [2.24, 2.45) is 5.92 Å². The van der Waals surface area contributed by atoms with Crippen molar-refractivity contribution >= 4 is 0 Å². The van der Waals surface area contributed by atoms with E-state index in [9.17, 15) is 10.1 Å². The minimum atomic E-state index is -0.452. The summed E-state index contributed by atoms with van der Waals surface area (Å²) < 4.78 is 0. The molecule has 0 heterocycles. The Kier molecular flexibility index (Phi) is 2.47. The minimum absolute atomic E-state index is 0.0492. The molecule has 0 aliphatic heterocycles. The van der Waals surface area contributed by atoms with Gasteiger partial charge in [0.2, 0.25) is 0 Å². The van der Waals surface area contributed by atoms with Gasteiger partial charge in [-0.15, -0.1) is 0 Å². The first-order valence-electron chi connectivity index (χ1n) is 4.01. The lowest BCUT2D eigenvalue weighted by atomic mass is 9.91. The van der Waals surface area contributed by atoms with Gasteiger partial charge in [-0.25, -0.2) is 0 Å². The van der Waals surface area contributed by atoms with Crippen LogP contribution < -0.4 is 0 Å². The lowest BCUT2D eigenvalue weighted by molar-refractivity contribution is -0.432. The monoisotopic (exact) mass is 178 g/mol. The highest BCUT2D eigenvalue weighted by Crippen LogP contribution is 2.28. The van der Waals surface area contributed by atoms with Crippen molar-refractivity contribution in [2.75, 3.05) is 0 Å². The average molecular weight is 178 g/mol. The Bertz CT molecular complexity index is 347. The number of hydrogen-bond acceptors (Lipinski definition) is 3. The largest absolute Gasteiger partial charge is 0.266 e. The zero-order valence-electron chi connectivity index (χ0n) is 7.57. The molecule has 1 unspecified atom stereocenters. The maximum absolute atomic E-state index is 10.6. The molecule has 0 amide bonds. The molecule has 1 rings (SSSR count). The fraction of sp³-hybridized carbons (Fsp3) is 0.444. The van der Waals surface area contributed by atoms with Crippen molar-refractivity contribution < 1.29 is 4.92 Å². The van der Waals surface area contributed by atoms with Gasteiger partial charge < -0.3 is 0 Å². The first-order valence-corrected chi connectivity index (χ1v) is 4.01. The van der Waals surface area contributed by atoms with Crippen molar-refractivity contribution in [3.8, 4) is 6.07 Å². The maximum Gasteiger partial charge on any atom is 0.266 e. The number of rotatable bonds is 1. The van der Waals surface area contributed by atoms with Crippen LogP contribution in [0.25, 0.3) is 0 Å². The standard InChI is InChI=1S/C9H10N2O2/c1-6-3-7(2)9(11(12)13)8(4-6)5-10/h3,7H,4H2,1-2H3. The quantitative estimate of drug-likeness (QED) is 0.350. The molecule has 4 nitrogen and oxygen atoms in total. The SMILES string of the molecule is CC1=CC(C)C([N+](=O)[O-])=C(C#N)C1. The van der Waals surface area contributed by atoms with E-state index in [2.05, 4.69) is 0 Å². The summed E-state index contributed by atoms with van der Waals surface area (Å²) in [6.07, 6.45) is 2.25. The number of nitro groups is 1. The second kappa shape index (κ2) is 3.40. The van der Waals surface area contributed by atoms with E-state index in [-0.39, 0.29) is 17.2 Å². The summed E-state index contributed by atoms with van der Waals surface area (Å²) in [5.74, 6) is -0.251. The van der Waals surface area contributed by atoms with Crippen LogP contribution >= 0.6 is 0 Å². The average Bonchev–Trinajstić information content (AvgIpc) is 2.01. The molecule has 0 fully saturated rings. The van der Waals surface area contributed by atoms with Gasteiger partial charge in [-0.3, -0.25) is 10.1 Å². The summed E-state index contributed by atoms with van der Waals surface area (Å²) in [5, 5.41) is 19.3. The van der Waals surface area contributed by atoms with Gasteiger partial charge in [0.25, 0.3) is 5.70 Å². The van der Waals surface area contributed by atoms with E-state index in [0.29, 0.717) is 6.42 Å². The van der Waals surface area contributed by atoms with Crippen molar-refractivity contribution in [3.05, 3.63) is 33.0 Å². The smallest absolute Gasteiger partial charge is 0.259 e. The van der Waals surface area contributed by atoms with Crippen LogP contribution in [0.15, 0.2) is 22.9 Å². The van der Waals surface area contributed by atoms with Gasteiger partial charge in [0, 0.05) is 6.42 Å². The summed E-state index contributed by atoms with van der Waals surface area (Å²) in [6, 6.07) is 1.89. The number of hydrogen-bond donors (Lipinski definition) is 0. The van der Waals surface area contributed by atoms with Crippen LogP contribution in [0.1, 0.15) is 20.3 Å². The van der Waals surface area contributed by atoms with Gasteiger partial charge >= 0.3 is 0 Å². The van der Waals surface area contributed by atoms with Crippen molar-refractivity contribution in [1.82, 2.24) is 0 Å². The molecule has 0 saturated heterocycles. The molecule has 1 aliphatic carbocycles. The van der Waals surface area contributed by atoms with Crippen LogP contribution in [0.2, 0.25) is 0 Å². The molecule has 1 aliphatic rings. The Balaban J connectivity index is 3.13. The van der Waals surface area contributed by atoms with Crippen LogP contribution in [0.3, 0.4) is 0 Å². The zero-order valence-corrected chi connectivity index (χ0v) is 7.57. The van der Waals surface area contributed by atoms with Crippen LogP contribution in [0.4, 0.5) is 0 Å². The molecule has 0 radical (unpaired) electrons. The first kappa shape index (κ1) is 9.46. The summed E-state index contributed by atoms with van der Waals surface area (Å²) in [7, 11) is 0. The van der Waals surface area contributed by atoms with Gasteiger partial charge in [0.1, 0.15) is 11.6 Å². The summed E-state index contributed by atoms with van der Waals surface area (Å²) >= 11 is 0. The second-order valence-electron chi connectivity index (χ2n) is 3.21. The number of nitriles is 1. The third kappa shape index (κ3) is 1.75. The van der Waals surface area contributed by atoms with Gasteiger partial charge in [-0.1, -0.05) is 11.6 Å². The Labute approximate surface area is 76.3 Å². The Morgan fingerprint density at radius 2 is 2.38 bits per heavy atom. The molecule has 0 saturated carbocycles. The summed E-state index contributed by atoms with van der Waals surface area (Å²) in [4.78, 5) is 10.2. The highest BCUT2D eigenvalue weighted by Gasteiger charge is 2.27. The minimum Gasteiger partial charge on any atom is -0.259 e. The van der Waals surface area contributed by atoms with E-state index in [4.69, 9.17) is 5.26 Å². The van der Waals surface area contributed by atoms with E-state index in [0.717, 1.165) is 5.57 Å². The van der Waals surface area contributed by atoms with Gasteiger partial charge in [0.05, 0.1) is 10.8 Å². The van der Waals surface area contributed by atoms with Crippen LogP contribution in [-0.2, 0) is 0 Å². The lowest BCUT2D eigenvalue weighted by Crippen LogP contribution is -2.14. The Hall–Kier alpha value is -1.63. The van der Waals surface area contributed by atoms with Crippen molar-refractivity contribution in [2.45, 2.75) is 20.3 Å². The van der Waals surface area contributed by atoms with E-state index < -0.39 is 4.92 Å². The highest BCUT2D eigenvalue weighted by molar-refractivity contribution is 5.35. The van der Waals surface area contributed by atoms with Gasteiger partial charge in [-0.05, 0) is 13.8 Å². The molecule has 0 aromatic carbocycles. The van der Waals surface area contributed by atoms with E-state index in [1.165, 1.54) is 0 Å². The third-order valence-corrected chi connectivity index (χ3v) is 2.06. The topological polar surface area (TPSA) is 66.9 Å². The highest BCUT2D eigenvalue weighted by atomic mass is 16.6. The Morgan fingerprint density at radius 3 is 2.85 bits per heavy atom. The van der Waals surface area contributed by atoms with Crippen LogP contribution in [0, 0.1) is 27.4 Å². The first-order chi connectivity index (χ1) is 6.06. The van der Waals surface area contributed by atoms with Crippen molar-refractivity contribution in [3.63, 3.8) is 0 Å². The molecule has 4 heteroatoms. The summed E-state index contributed by atoms with van der Waals surface area (Å²) in [6.45, 7) is 3.61. The zero-order chi connectivity index (χ0) is 10.0. The molecule has 0 aromatic heterocycles. The summed E-state index contributed by atoms with van der Waals surface area (Å²) in [5.41, 5.74) is 1.36. The second-order valence-corrected chi connectivity index (χ2v) is 3.21. The van der Waals surface area contributed by atoms with E-state index >= 15 is 0 Å². The Morgan fingerprint density at radius 1 is 1.77 bits per heavy atom. The molecule has 0 spiro atoms. The fourth-order valence-corrected chi connectivity index (χ4v) is 1.58. The fourth-order valence-electron chi connectivity index (χ4n) is 1.58. The molecule has 0 bridgehead atoms. The molecule has 13 heavy (non-hydrogen) atoms. The molecule has 0 N–H and O–H groups in total. The van der Waals surface area contributed by atoms with E-state index in [1.54, 1.807) is 6.92 Å². The predicted octanol–water partition coefficient (Wildman–Crippen LogP) is 2.03. The third-order valence-electron chi connectivity index (χ3n) is 2.06. The molecular formula is C9H10N2O2. The normalized spacial score (nSPS) is 22.2. The van der Waals surface area contributed by atoms with Gasteiger partial charge in [-0.2, -0.15) is 5.26 Å². The molecule has 68 valence electrons. The molecule has 0 aromatic rings.